The molecule has 1 rings (SSSR count). The summed E-state index contributed by atoms with van der Waals surface area (Å²) in [6.07, 6.45) is 0. The topological polar surface area (TPSA) is 90.4 Å². The predicted molar refractivity (Wildman–Crippen MR) is 55.0 cm³/mol. The van der Waals surface area contributed by atoms with E-state index in [0.29, 0.717) is 5.75 Å². The number of halogens is 1. The predicted octanol–water partition coefficient (Wildman–Crippen LogP) is 0.314. The number of nitrogens with one attached hydrogen (secondary N) is 1. The smallest absolute Gasteiger partial charge is 0.236 e. The Kier molecular flexibility index (Phi) is 3.33. The van der Waals surface area contributed by atoms with Crippen LogP contribution in [0.25, 0.3) is 0 Å². The van der Waals surface area contributed by atoms with Crippen LogP contribution in [0.2, 0.25) is 0 Å². The van der Waals surface area contributed by atoms with Gasteiger partial charge in [0.2, 0.25) is 5.91 Å². The highest BCUT2D eigenvalue weighted by Gasteiger charge is 2.08. The Morgan fingerprint density at radius 3 is 2.80 bits per heavy atom. The number of nitrogens with two attached hydrogens (primary N) is 2. The molecule has 0 aliphatic rings. The van der Waals surface area contributed by atoms with E-state index in [1.165, 1.54) is 13.2 Å². The Morgan fingerprint density at radius 2 is 2.27 bits per heavy atom. The normalized spacial score (nSPS) is 9.73. The Morgan fingerprint density at radius 1 is 1.60 bits per heavy atom. The summed E-state index contributed by atoms with van der Waals surface area (Å²) in [6.45, 7) is -0.149. The number of primary amides is 1. The molecule has 0 saturated heterocycles. The number of nitrogen functional groups attached to an aromatic ring is 1. The van der Waals surface area contributed by atoms with Gasteiger partial charge in [-0.15, -0.1) is 0 Å². The molecule has 5 nitrogen and oxygen atoms in total. The lowest BCUT2D eigenvalue weighted by Gasteiger charge is -2.09. The summed E-state index contributed by atoms with van der Waals surface area (Å²) in [4.78, 5) is 10.5. The minimum Gasteiger partial charge on any atom is -0.495 e. The van der Waals surface area contributed by atoms with Crippen molar-refractivity contribution < 1.29 is 13.9 Å². The lowest BCUT2D eigenvalue weighted by atomic mass is 10.2. The van der Waals surface area contributed by atoms with E-state index in [1.54, 1.807) is 0 Å². The largest absolute Gasteiger partial charge is 0.495 e. The van der Waals surface area contributed by atoms with Crippen molar-refractivity contribution in [3.05, 3.63) is 17.9 Å². The molecule has 0 fully saturated rings. The van der Waals surface area contributed by atoms with Gasteiger partial charge < -0.3 is 21.5 Å². The molecule has 0 radical (unpaired) electrons. The van der Waals surface area contributed by atoms with Gasteiger partial charge in [-0.1, -0.05) is 0 Å². The summed E-state index contributed by atoms with van der Waals surface area (Å²) >= 11 is 0. The first-order valence-corrected chi connectivity index (χ1v) is 4.19. The molecule has 5 N–H and O–H groups in total. The van der Waals surface area contributed by atoms with E-state index in [0.717, 1.165) is 6.07 Å². The highest BCUT2D eigenvalue weighted by atomic mass is 19.1. The highest BCUT2D eigenvalue weighted by Crippen LogP contribution is 2.27. The number of amides is 1. The van der Waals surface area contributed by atoms with Crippen molar-refractivity contribution in [3.8, 4) is 5.75 Å². The third-order valence-corrected chi connectivity index (χ3v) is 1.77. The molecular weight excluding hydrogens is 201 g/mol. The first-order valence-electron chi connectivity index (χ1n) is 4.19. The van der Waals surface area contributed by atoms with Gasteiger partial charge in [-0.25, -0.2) is 4.39 Å². The van der Waals surface area contributed by atoms with Gasteiger partial charge in [-0.05, 0) is 0 Å². The van der Waals surface area contributed by atoms with Crippen LogP contribution in [0, 0.1) is 5.82 Å². The van der Waals surface area contributed by atoms with Crippen molar-refractivity contribution in [2.45, 2.75) is 0 Å². The van der Waals surface area contributed by atoms with Crippen LogP contribution >= 0.6 is 0 Å². The zero-order valence-electron chi connectivity index (χ0n) is 8.21. The van der Waals surface area contributed by atoms with E-state index in [-0.39, 0.29) is 17.9 Å². The van der Waals surface area contributed by atoms with E-state index >= 15 is 0 Å². The fourth-order valence-corrected chi connectivity index (χ4v) is 1.06. The maximum atomic E-state index is 13.3. The number of carbonyl (C=O) groups is 1. The molecule has 1 amide bonds. The summed E-state index contributed by atoms with van der Waals surface area (Å²) in [5, 5.41) is 2.53. The zero-order chi connectivity index (χ0) is 11.4. The van der Waals surface area contributed by atoms with E-state index in [9.17, 15) is 9.18 Å². The summed E-state index contributed by atoms with van der Waals surface area (Å²) < 4.78 is 18.2. The van der Waals surface area contributed by atoms with Gasteiger partial charge in [0.05, 0.1) is 25.0 Å². The highest BCUT2D eigenvalue weighted by molar-refractivity contribution is 5.79. The molecule has 1 aromatic rings. The molecule has 6 heteroatoms. The van der Waals surface area contributed by atoms with Crippen molar-refractivity contribution in [3.63, 3.8) is 0 Å². The van der Waals surface area contributed by atoms with Crippen molar-refractivity contribution in [2.24, 2.45) is 5.73 Å². The van der Waals surface area contributed by atoms with Crippen LogP contribution in [-0.4, -0.2) is 19.6 Å². The van der Waals surface area contributed by atoms with E-state index in [2.05, 4.69) is 5.32 Å². The zero-order valence-corrected chi connectivity index (χ0v) is 8.21. The molecule has 15 heavy (non-hydrogen) atoms. The number of ether oxygens (including phenoxy) is 1. The molecule has 0 unspecified atom stereocenters. The summed E-state index contributed by atoms with van der Waals surface area (Å²) in [5.74, 6) is -0.803. The Labute approximate surface area is 86.2 Å². The average molecular weight is 213 g/mol. The SMILES string of the molecule is COc1cc(NCC(N)=O)c(F)cc1N. The molecule has 0 spiro atoms. The van der Waals surface area contributed by atoms with Crippen LogP contribution in [-0.2, 0) is 4.79 Å². The lowest BCUT2D eigenvalue weighted by molar-refractivity contribution is -0.116. The molecule has 1 aromatic carbocycles. The third-order valence-electron chi connectivity index (χ3n) is 1.77. The second-order valence-electron chi connectivity index (χ2n) is 2.89. The molecule has 0 aliphatic carbocycles. The quantitative estimate of drug-likeness (QED) is 0.628. The Balaban J connectivity index is 2.92. The second-order valence-corrected chi connectivity index (χ2v) is 2.89. The van der Waals surface area contributed by atoms with Crippen LogP contribution in [0.15, 0.2) is 12.1 Å². The molecule has 0 heterocycles. The molecule has 0 atom stereocenters. The number of rotatable bonds is 4. The number of methoxy groups -OCH3 is 1. The Bertz CT molecular complexity index is 382. The van der Waals surface area contributed by atoms with Crippen molar-refractivity contribution >= 4 is 17.3 Å². The first kappa shape index (κ1) is 11.1. The molecule has 0 bridgehead atoms. The lowest BCUT2D eigenvalue weighted by Crippen LogP contribution is -2.22. The van der Waals surface area contributed by atoms with Gasteiger partial charge >= 0.3 is 0 Å². The fraction of sp³-hybridized carbons (Fsp3) is 0.222. The standard InChI is InChI=1S/C9H12FN3O2/c1-15-8-3-7(13-4-9(12)14)5(10)2-6(8)11/h2-3,13H,4,11H2,1H3,(H2,12,14). The minimum absolute atomic E-state index is 0.125. The molecule has 0 aromatic heterocycles. The second kappa shape index (κ2) is 4.50. The van der Waals surface area contributed by atoms with Gasteiger partial charge in [0.1, 0.15) is 11.6 Å². The summed E-state index contributed by atoms with van der Waals surface area (Å²) in [5.41, 5.74) is 10.7. The molecule has 0 aliphatic heterocycles. The van der Waals surface area contributed by atoms with Crippen molar-refractivity contribution in [1.82, 2.24) is 0 Å². The molecule has 82 valence electrons. The maximum Gasteiger partial charge on any atom is 0.236 e. The maximum absolute atomic E-state index is 13.3. The van der Waals surface area contributed by atoms with Crippen LogP contribution in [0.3, 0.4) is 0 Å². The van der Waals surface area contributed by atoms with Crippen LogP contribution in [0.4, 0.5) is 15.8 Å². The van der Waals surface area contributed by atoms with Gasteiger partial charge in [0.25, 0.3) is 0 Å². The average Bonchev–Trinajstić information content (AvgIpc) is 2.16. The monoisotopic (exact) mass is 213 g/mol. The van der Waals surface area contributed by atoms with Crippen LogP contribution < -0.4 is 21.5 Å². The van der Waals surface area contributed by atoms with Gasteiger partial charge in [-0.2, -0.15) is 0 Å². The van der Waals surface area contributed by atoms with E-state index in [1.807, 2.05) is 0 Å². The number of carbonyl (C=O) groups excluding carboxylic acids is 1. The molecular formula is C9H12FN3O2. The van der Waals surface area contributed by atoms with Crippen molar-refractivity contribution in [2.75, 3.05) is 24.7 Å². The van der Waals surface area contributed by atoms with E-state index in [4.69, 9.17) is 16.2 Å². The number of anilines is 2. The van der Waals surface area contributed by atoms with E-state index < -0.39 is 11.7 Å². The van der Waals surface area contributed by atoms with Gasteiger partial charge in [0.15, 0.2) is 0 Å². The Hall–Kier alpha value is -1.98. The number of hydrogen-bond donors (Lipinski definition) is 3. The number of benzene rings is 1. The van der Waals surface area contributed by atoms with Gasteiger partial charge in [-0.3, -0.25) is 4.79 Å². The van der Waals surface area contributed by atoms with Gasteiger partial charge in [0, 0.05) is 12.1 Å². The summed E-state index contributed by atoms with van der Waals surface area (Å²) in [6, 6.07) is 2.48. The van der Waals surface area contributed by atoms with Crippen LogP contribution in [0.5, 0.6) is 5.75 Å². The number of hydrogen-bond acceptors (Lipinski definition) is 4. The summed E-state index contributed by atoms with van der Waals surface area (Å²) in [7, 11) is 1.42. The van der Waals surface area contributed by atoms with Crippen molar-refractivity contribution in [1.29, 1.82) is 0 Å². The fourth-order valence-electron chi connectivity index (χ4n) is 1.06. The minimum atomic E-state index is -0.579. The van der Waals surface area contributed by atoms with Crippen LogP contribution in [0.1, 0.15) is 0 Å². The first-order chi connectivity index (χ1) is 7.04. The third kappa shape index (κ3) is 2.73. The molecule has 0 saturated carbocycles.